The molecule has 2 aromatic rings. The Morgan fingerprint density at radius 3 is 2.64 bits per heavy atom. The van der Waals surface area contributed by atoms with Crippen LogP contribution in [0.15, 0.2) is 53.0 Å². The Bertz CT molecular complexity index is 882. The number of hydrogen-bond acceptors (Lipinski definition) is 3. The lowest BCUT2D eigenvalue weighted by atomic mass is 9.95. The zero-order chi connectivity index (χ0) is 17.6. The fraction of sp³-hybridized carbons (Fsp3) is 0.286. The number of carbonyl (C=O) groups excluding carboxylic acids is 1. The monoisotopic (exact) mass is 398 g/mol. The molecule has 1 saturated heterocycles. The predicted octanol–water partition coefficient (Wildman–Crippen LogP) is 4.77. The largest absolute Gasteiger partial charge is 0.347 e. The highest BCUT2D eigenvalue weighted by atomic mass is 79.9. The summed E-state index contributed by atoms with van der Waals surface area (Å²) < 4.78 is 12.5. The summed E-state index contributed by atoms with van der Waals surface area (Å²) >= 11 is 3.49. The second kappa shape index (κ2) is 6.20. The number of halogens is 1. The Kier molecular flexibility index (Phi) is 4.14. The summed E-state index contributed by atoms with van der Waals surface area (Å²) in [5.41, 5.74) is 4.62. The molecule has 0 aromatic heterocycles. The van der Waals surface area contributed by atoms with E-state index in [2.05, 4.69) is 22.0 Å². The second-order valence-corrected chi connectivity index (χ2v) is 7.83. The maximum absolute atomic E-state index is 13.3. The highest BCUT2D eigenvalue weighted by Crippen LogP contribution is 2.34. The molecule has 1 heterocycles. The SMILES string of the molecule is CC1(C)OCC(/C=C2/C(=O)c3cc(Br)ccc3Cc3ccccc32)O1. The first-order chi connectivity index (χ1) is 11.9. The summed E-state index contributed by atoms with van der Waals surface area (Å²) in [6, 6.07) is 14.0. The Labute approximate surface area is 155 Å². The zero-order valence-electron chi connectivity index (χ0n) is 14.2. The van der Waals surface area contributed by atoms with Crippen molar-refractivity contribution < 1.29 is 14.3 Å². The Morgan fingerprint density at radius 2 is 1.88 bits per heavy atom. The van der Waals surface area contributed by atoms with Gasteiger partial charge in [-0.2, -0.15) is 0 Å². The number of ether oxygens (including phenoxy) is 2. The van der Waals surface area contributed by atoms with Crippen molar-refractivity contribution in [3.05, 3.63) is 75.3 Å². The van der Waals surface area contributed by atoms with Crippen molar-refractivity contribution in [1.29, 1.82) is 0 Å². The molecule has 0 saturated carbocycles. The van der Waals surface area contributed by atoms with Crippen molar-refractivity contribution in [3.8, 4) is 0 Å². The average Bonchev–Trinajstić information content (AvgIpc) is 2.87. The number of allylic oxidation sites excluding steroid dienone is 1. The van der Waals surface area contributed by atoms with Gasteiger partial charge in [-0.1, -0.05) is 46.3 Å². The normalized spacial score (nSPS) is 23.2. The maximum Gasteiger partial charge on any atom is 0.193 e. The second-order valence-electron chi connectivity index (χ2n) is 6.91. The molecule has 2 aliphatic rings. The molecule has 1 unspecified atom stereocenters. The first-order valence-corrected chi connectivity index (χ1v) is 9.17. The minimum Gasteiger partial charge on any atom is -0.347 e. The first-order valence-electron chi connectivity index (χ1n) is 8.38. The molecule has 2 aromatic carbocycles. The lowest BCUT2D eigenvalue weighted by Crippen LogP contribution is -2.21. The summed E-state index contributed by atoms with van der Waals surface area (Å²) in [5.74, 6) is -0.578. The van der Waals surface area contributed by atoms with Crippen LogP contribution in [0.2, 0.25) is 0 Å². The molecule has 128 valence electrons. The summed E-state index contributed by atoms with van der Waals surface area (Å²) in [6.07, 6.45) is 2.44. The van der Waals surface area contributed by atoms with Gasteiger partial charge in [0.2, 0.25) is 0 Å². The molecule has 1 aliphatic carbocycles. The van der Waals surface area contributed by atoms with E-state index in [9.17, 15) is 4.79 Å². The molecular weight excluding hydrogens is 380 g/mol. The maximum atomic E-state index is 13.3. The van der Waals surface area contributed by atoms with Gasteiger partial charge in [0.25, 0.3) is 0 Å². The quantitative estimate of drug-likeness (QED) is 0.648. The molecule has 0 spiro atoms. The molecule has 25 heavy (non-hydrogen) atoms. The van der Waals surface area contributed by atoms with Crippen LogP contribution in [-0.4, -0.2) is 24.3 Å². The van der Waals surface area contributed by atoms with Gasteiger partial charge in [-0.3, -0.25) is 4.79 Å². The molecule has 1 fully saturated rings. The van der Waals surface area contributed by atoms with Crippen LogP contribution in [0, 0.1) is 0 Å². The van der Waals surface area contributed by atoms with E-state index in [-0.39, 0.29) is 11.9 Å². The fourth-order valence-corrected chi connectivity index (χ4v) is 3.83. The van der Waals surface area contributed by atoms with E-state index in [0.717, 1.165) is 33.1 Å². The van der Waals surface area contributed by atoms with Gasteiger partial charge in [0.05, 0.1) is 6.61 Å². The molecule has 3 nitrogen and oxygen atoms in total. The van der Waals surface area contributed by atoms with Gasteiger partial charge in [-0.15, -0.1) is 0 Å². The lowest BCUT2D eigenvalue weighted by molar-refractivity contribution is -0.133. The van der Waals surface area contributed by atoms with Crippen molar-refractivity contribution in [1.82, 2.24) is 0 Å². The minimum atomic E-state index is -0.615. The molecule has 0 radical (unpaired) electrons. The number of ketones is 1. The minimum absolute atomic E-state index is 0.0366. The number of Topliss-reactive ketones (excluding diaryl/α,β-unsaturated/α-hetero) is 1. The summed E-state index contributed by atoms with van der Waals surface area (Å²) in [7, 11) is 0. The Balaban J connectivity index is 1.85. The van der Waals surface area contributed by atoms with Crippen molar-refractivity contribution in [3.63, 3.8) is 0 Å². The number of rotatable bonds is 1. The molecular formula is C21H19BrO3. The van der Waals surface area contributed by atoms with Gasteiger partial charge in [-0.25, -0.2) is 0 Å². The summed E-state index contributed by atoms with van der Waals surface area (Å²) in [5, 5.41) is 0. The molecule has 4 heteroatoms. The number of carbonyl (C=O) groups is 1. The average molecular weight is 399 g/mol. The smallest absolute Gasteiger partial charge is 0.193 e. The van der Waals surface area contributed by atoms with Crippen LogP contribution in [0.4, 0.5) is 0 Å². The Morgan fingerprint density at radius 1 is 1.12 bits per heavy atom. The van der Waals surface area contributed by atoms with Gasteiger partial charge in [0, 0.05) is 15.6 Å². The molecule has 4 rings (SSSR count). The van der Waals surface area contributed by atoms with Gasteiger partial charge in [0.1, 0.15) is 6.10 Å². The zero-order valence-corrected chi connectivity index (χ0v) is 15.8. The van der Waals surface area contributed by atoms with E-state index in [1.165, 1.54) is 0 Å². The van der Waals surface area contributed by atoms with E-state index in [1.54, 1.807) is 0 Å². The highest BCUT2D eigenvalue weighted by molar-refractivity contribution is 9.10. The third kappa shape index (κ3) is 3.22. The molecule has 0 amide bonds. The predicted molar refractivity (Wildman–Crippen MR) is 101 cm³/mol. The molecule has 1 atom stereocenters. The third-order valence-electron chi connectivity index (χ3n) is 4.63. The summed E-state index contributed by atoms with van der Waals surface area (Å²) in [6.45, 7) is 4.23. The van der Waals surface area contributed by atoms with Crippen LogP contribution in [-0.2, 0) is 15.9 Å². The Hall–Kier alpha value is -1.75. The molecule has 0 bridgehead atoms. The number of fused-ring (bicyclic) bond motifs is 2. The number of benzene rings is 2. The van der Waals surface area contributed by atoms with Crippen molar-refractivity contribution in [2.24, 2.45) is 0 Å². The lowest BCUT2D eigenvalue weighted by Gasteiger charge is -2.16. The fourth-order valence-electron chi connectivity index (χ4n) is 3.47. The van der Waals surface area contributed by atoms with E-state index >= 15 is 0 Å². The van der Waals surface area contributed by atoms with Crippen LogP contribution >= 0.6 is 15.9 Å². The van der Waals surface area contributed by atoms with Crippen molar-refractivity contribution in [2.45, 2.75) is 32.2 Å². The highest BCUT2D eigenvalue weighted by Gasteiger charge is 2.33. The molecule has 1 aliphatic heterocycles. The van der Waals surface area contributed by atoms with Crippen LogP contribution in [0.3, 0.4) is 0 Å². The van der Waals surface area contributed by atoms with Gasteiger partial charge in [0.15, 0.2) is 11.6 Å². The van der Waals surface area contributed by atoms with E-state index < -0.39 is 5.79 Å². The van der Waals surface area contributed by atoms with Crippen molar-refractivity contribution >= 4 is 27.3 Å². The third-order valence-corrected chi connectivity index (χ3v) is 5.13. The van der Waals surface area contributed by atoms with E-state index in [0.29, 0.717) is 12.2 Å². The van der Waals surface area contributed by atoms with Gasteiger partial charge < -0.3 is 9.47 Å². The van der Waals surface area contributed by atoms with E-state index in [4.69, 9.17) is 9.47 Å². The summed E-state index contributed by atoms with van der Waals surface area (Å²) in [4.78, 5) is 13.3. The van der Waals surface area contributed by atoms with Crippen LogP contribution in [0.5, 0.6) is 0 Å². The van der Waals surface area contributed by atoms with Gasteiger partial charge in [-0.05, 0) is 55.2 Å². The van der Waals surface area contributed by atoms with Crippen LogP contribution < -0.4 is 0 Å². The van der Waals surface area contributed by atoms with E-state index in [1.807, 2.05) is 56.3 Å². The number of hydrogen-bond donors (Lipinski definition) is 0. The first kappa shape index (κ1) is 16.7. The van der Waals surface area contributed by atoms with Crippen LogP contribution in [0.1, 0.15) is 40.9 Å². The topological polar surface area (TPSA) is 35.5 Å². The standard InChI is InChI=1S/C21H19BrO3/c1-21(2)24-12-16(25-21)11-19-17-6-4-3-5-13(17)9-14-7-8-15(22)10-18(14)20(19)23/h3-8,10-11,16H,9,12H2,1-2H3/b19-11+. The van der Waals surface area contributed by atoms with Crippen LogP contribution in [0.25, 0.3) is 5.57 Å². The van der Waals surface area contributed by atoms with Gasteiger partial charge >= 0.3 is 0 Å². The van der Waals surface area contributed by atoms with Crippen molar-refractivity contribution in [2.75, 3.05) is 6.61 Å². The molecule has 0 N–H and O–H groups in total.